The number of aryl methyl sites for hydroxylation is 2. The lowest BCUT2D eigenvalue weighted by Gasteiger charge is -2.21. The van der Waals surface area contributed by atoms with E-state index < -0.39 is 0 Å². The zero-order valence-electron chi connectivity index (χ0n) is 13.6. The van der Waals surface area contributed by atoms with Crippen LogP contribution in [0.25, 0.3) is 0 Å². The third-order valence-corrected chi connectivity index (χ3v) is 3.78. The molecule has 0 unspecified atom stereocenters. The third-order valence-electron chi connectivity index (χ3n) is 3.53. The zero-order chi connectivity index (χ0) is 16.1. The van der Waals surface area contributed by atoms with Gasteiger partial charge in [0.25, 0.3) is 0 Å². The molecule has 1 atom stereocenters. The number of hydrogen-bond acceptors (Lipinski definition) is 2. The van der Waals surface area contributed by atoms with E-state index in [4.69, 9.17) is 16.6 Å². The van der Waals surface area contributed by atoms with Gasteiger partial charge in [-0.25, -0.2) is 0 Å². The standard InChI is InChI=1S/C17H23N3OS/c1-12-8-13(2)10-14(9-12)19-17(22)18-11-15(20(3)4)16-6-5-7-21-16/h5-10,15H,11H2,1-4H3,(H2,18,19,22)/p+1/t15-/m1/s1. The molecule has 22 heavy (non-hydrogen) atoms. The van der Waals surface area contributed by atoms with Crippen LogP contribution in [0.3, 0.4) is 0 Å². The van der Waals surface area contributed by atoms with E-state index in [-0.39, 0.29) is 6.04 Å². The van der Waals surface area contributed by atoms with E-state index >= 15 is 0 Å². The predicted octanol–water partition coefficient (Wildman–Crippen LogP) is 2.07. The number of thiocarbonyl (C=S) groups is 1. The Bertz CT molecular complexity index is 603. The van der Waals surface area contributed by atoms with Gasteiger partial charge in [0.05, 0.1) is 26.9 Å². The number of furan rings is 1. The second-order valence-corrected chi connectivity index (χ2v) is 6.27. The van der Waals surface area contributed by atoms with E-state index in [1.165, 1.54) is 16.0 Å². The molecule has 3 N–H and O–H groups in total. The molecule has 1 aromatic heterocycles. The summed E-state index contributed by atoms with van der Waals surface area (Å²) in [4.78, 5) is 1.29. The summed E-state index contributed by atoms with van der Waals surface area (Å²) in [6, 6.07) is 10.4. The van der Waals surface area contributed by atoms with Gasteiger partial charge >= 0.3 is 0 Å². The molecule has 0 aliphatic heterocycles. The maximum Gasteiger partial charge on any atom is 0.171 e. The van der Waals surface area contributed by atoms with E-state index in [0.29, 0.717) is 11.7 Å². The SMILES string of the molecule is Cc1cc(C)cc(NC(=S)NC[C@H](c2ccco2)[NH+](C)C)c1. The van der Waals surface area contributed by atoms with Crippen molar-refractivity contribution in [1.29, 1.82) is 0 Å². The molecule has 2 aromatic rings. The van der Waals surface area contributed by atoms with Gasteiger partial charge < -0.3 is 20.0 Å². The van der Waals surface area contributed by atoms with E-state index in [1.807, 2.05) is 12.1 Å². The molecule has 4 nitrogen and oxygen atoms in total. The summed E-state index contributed by atoms with van der Waals surface area (Å²) in [6.45, 7) is 4.88. The van der Waals surface area contributed by atoms with Gasteiger partial charge in [0.1, 0.15) is 0 Å². The summed E-state index contributed by atoms with van der Waals surface area (Å²) in [6.07, 6.45) is 1.71. The largest absolute Gasteiger partial charge is 0.463 e. The molecular weight excluding hydrogens is 294 g/mol. The molecule has 0 bridgehead atoms. The lowest BCUT2D eigenvalue weighted by atomic mass is 10.1. The fraction of sp³-hybridized carbons (Fsp3) is 0.353. The van der Waals surface area contributed by atoms with Crippen LogP contribution in [-0.4, -0.2) is 25.8 Å². The fourth-order valence-electron chi connectivity index (χ4n) is 2.50. The monoisotopic (exact) mass is 318 g/mol. The maximum atomic E-state index is 5.51. The van der Waals surface area contributed by atoms with Gasteiger partial charge in [-0.05, 0) is 61.5 Å². The van der Waals surface area contributed by atoms with Gasteiger partial charge in [0, 0.05) is 5.69 Å². The van der Waals surface area contributed by atoms with Crippen LogP contribution in [0.2, 0.25) is 0 Å². The molecule has 5 heteroatoms. The van der Waals surface area contributed by atoms with E-state index in [1.54, 1.807) is 6.26 Å². The van der Waals surface area contributed by atoms with E-state index in [9.17, 15) is 0 Å². The molecule has 118 valence electrons. The molecular formula is C17H24N3OS+. The summed E-state index contributed by atoms with van der Waals surface area (Å²) in [5.74, 6) is 0.960. The number of anilines is 1. The zero-order valence-corrected chi connectivity index (χ0v) is 14.4. The molecule has 0 radical (unpaired) electrons. The molecule has 2 rings (SSSR count). The fourth-order valence-corrected chi connectivity index (χ4v) is 2.70. The van der Waals surface area contributed by atoms with Gasteiger partial charge in [-0.2, -0.15) is 0 Å². The lowest BCUT2D eigenvalue weighted by Crippen LogP contribution is -3.07. The van der Waals surface area contributed by atoms with Crippen LogP contribution < -0.4 is 15.5 Å². The molecule has 1 heterocycles. The average molecular weight is 318 g/mol. The number of hydrogen-bond donors (Lipinski definition) is 3. The van der Waals surface area contributed by atoms with Gasteiger partial charge in [0.15, 0.2) is 16.9 Å². The molecule has 0 saturated carbocycles. The van der Waals surface area contributed by atoms with Crippen molar-refractivity contribution in [3.63, 3.8) is 0 Å². The van der Waals surface area contributed by atoms with Gasteiger partial charge in [-0.15, -0.1) is 0 Å². The summed E-state index contributed by atoms with van der Waals surface area (Å²) in [7, 11) is 4.21. The van der Waals surface area contributed by atoms with Crippen molar-refractivity contribution in [1.82, 2.24) is 5.32 Å². The molecule has 0 aliphatic carbocycles. The van der Waals surface area contributed by atoms with Crippen LogP contribution >= 0.6 is 12.2 Å². The molecule has 0 fully saturated rings. The average Bonchev–Trinajstić information content (AvgIpc) is 2.91. The van der Waals surface area contributed by atoms with Crippen LogP contribution in [0.15, 0.2) is 41.0 Å². The molecule has 0 saturated heterocycles. The Morgan fingerprint density at radius 3 is 2.45 bits per heavy atom. The van der Waals surface area contributed by atoms with Crippen molar-refractivity contribution in [2.75, 3.05) is 26.0 Å². The van der Waals surface area contributed by atoms with Crippen molar-refractivity contribution in [3.05, 3.63) is 53.5 Å². The number of quaternary nitrogens is 1. The smallest absolute Gasteiger partial charge is 0.171 e. The minimum Gasteiger partial charge on any atom is -0.463 e. The summed E-state index contributed by atoms with van der Waals surface area (Å²) in [5.41, 5.74) is 3.45. The Hall–Kier alpha value is -1.85. The number of likely N-dealkylation sites (N-methyl/N-ethyl adjacent to an activating group) is 1. The van der Waals surface area contributed by atoms with Gasteiger partial charge in [0.2, 0.25) is 0 Å². The lowest BCUT2D eigenvalue weighted by molar-refractivity contribution is -0.891. The highest BCUT2D eigenvalue weighted by atomic mass is 32.1. The summed E-state index contributed by atoms with van der Waals surface area (Å²) < 4.78 is 5.51. The normalized spacial score (nSPS) is 12.2. The van der Waals surface area contributed by atoms with Crippen LogP contribution in [-0.2, 0) is 0 Å². The highest BCUT2D eigenvalue weighted by Gasteiger charge is 2.20. The second kappa shape index (κ2) is 7.42. The minimum atomic E-state index is 0.217. The number of nitrogens with one attached hydrogen (secondary N) is 3. The second-order valence-electron chi connectivity index (χ2n) is 5.86. The topological polar surface area (TPSA) is 41.6 Å². The Kier molecular flexibility index (Phi) is 5.57. The van der Waals surface area contributed by atoms with Crippen LogP contribution in [0.4, 0.5) is 5.69 Å². The number of rotatable bonds is 5. The molecule has 0 amide bonds. The first kappa shape index (κ1) is 16.5. The molecule has 0 spiro atoms. The molecule has 0 aliphatic rings. The minimum absolute atomic E-state index is 0.217. The highest BCUT2D eigenvalue weighted by Crippen LogP contribution is 2.14. The van der Waals surface area contributed by atoms with Crippen molar-refractivity contribution < 1.29 is 9.32 Å². The van der Waals surface area contributed by atoms with Crippen LogP contribution in [0.1, 0.15) is 22.9 Å². The van der Waals surface area contributed by atoms with Gasteiger partial charge in [-0.3, -0.25) is 0 Å². The Labute approximate surface area is 137 Å². The van der Waals surface area contributed by atoms with Crippen molar-refractivity contribution in [3.8, 4) is 0 Å². The Morgan fingerprint density at radius 2 is 1.91 bits per heavy atom. The van der Waals surface area contributed by atoms with E-state index in [0.717, 1.165) is 11.4 Å². The Balaban J connectivity index is 1.94. The first-order chi connectivity index (χ1) is 10.5. The first-order valence-corrected chi connectivity index (χ1v) is 7.83. The van der Waals surface area contributed by atoms with Crippen molar-refractivity contribution in [2.24, 2.45) is 0 Å². The van der Waals surface area contributed by atoms with Gasteiger partial charge in [-0.1, -0.05) is 6.07 Å². The molecule has 1 aromatic carbocycles. The van der Waals surface area contributed by atoms with Crippen molar-refractivity contribution in [2.45, 2.75) is 19.9 Å². The predicted molar refractivity (Wildman–Crippen MR) is 94.4 cm³/mol. The van der Waals surface area contributed by atoms with Crippen LogP contribution in [0.5, 0.6) is 0 Å². The first-order valence-electron chi connectivity index (χ1n) is 7.42. The van der Waals surface area contributed by atoms with Crippen LogP contribution in [0, 0.1) is 13.8 Å². The van der Waals surface area contributed by atoms with E-state index in [2.05, 4.69) is 56.8 Å². The summed E-state index contributed by atoms with van der Waals surface area (Å²) >= 11 is 5.39. The number of benzene rings is 1. The summed E-state index contributed by atoms with van der Waals surface area (Å²) in [5, 5.41) is 7.15. The highest BCUT2D eigenvalue weighted by molar-refractivity contribution is 7.80. The third kappa shape index (κ3) is 4.58. The quantitative estimate of drug-likeness (QED) is 0.738. The van der Waals surface area contributed by atoms with Crippen molar-refractivity contribution >= 4 is 23.0 Å². The maximum absolute atomic E-state index is 5.51. The Morgan fingerprint density at radius 1 is 1.23 bits per heavy atom.